The number of aromatic nitrogens is 4. The molecule has 0 atom stereocenters. The molecule has 0 spiro atoms. The summed E-state index contributed by atoms with van der Waals surface area (Å²) in [5, 5.41) is 11.9. The van der Waals surface area contributed by atoms with Gasteiger partial charge in [0.2, 0.25) is 17.6 Å². The minimum Gasteiger partial charge on any atom is -0.347 e. The van der Waals surface area contributed by atoms with E-state index >= 15 is 0 Å². The number of aryl methyl sites for hydroxylation is 1. The van der Waals surface area contributed by atoms with E-state index in [0.717, 1.165) is 11.3 Å². The predicted octanol–water partition coefficient (Wildman–Crippen LogP) is 1.55. The Morgan fingerprint density at radius 2 is 2.23 bits per heavy atom. The highest BCUT2D eigenvalue weighted by Crippen LogP contribution is 2.20. The van der Waals surface area contributed by atoms with Crippen LogP contribution < -0.4 is 10.2 Å². The summed E-state index contributed by atoms with van der Waals surface area (Å²) in [4.78, 5) is 24.9. The third-order valence-corrected chi connectivity index (χ3v) is 4.92. The number of carbonyl (C=O) groups excluding carboxylic acids is 1. The van der Waals surface area contributed by atoms with E-state index in [2.05, 4.69) is 25.5 Å². The standard InChI is InChI=1S/C19H21ClN8O2/c1-21-19(27-6-7-28(17(29)12-27)15-9-23-26(2)11-15)22-10-16-24-18(25-30-16)13-4-3-5-14(20)8-13/h3-5,8-9,11H,6-7,10,12H2,1-2H3,(H,21,22). The summed E-state index contributed by atoms with van der Waals surface area (Å²) in [6, 6.07) is 7.25. The van der Waals surface area contributed by atoms with Gasteiger partial charge in [0.05, 0.1) is 18.4 Å². The Morgan fingerprint density at radius 3 is 2.93 bits per heavy atom. The molecule has 1 aromatic carbocycles. The van der Waals surface area contributed by atoms with E-state index in [1.165, 1.54) is 0 Å². The van der Waals surface area contributed by atoms with E-state index in [9.17, 15) is 4.79 Å². The van der Waals surface area contributed by atoms with Crippen LogP contribution in [0.3, 0.4) is 0 Å². The molecule has 10 nitrogen and oxygen atoms in total. The molecule has 3 heterocycles. The van der Waals surface area contributed by atoms with Gasteiger partial charge < -0.3 is 19.6 Å². The Bertz CT molecular complexity index is 1080. The molecular formula is C19H21ClN8O2. The quantitative estimate of drug-likeness (QED) is 0.496. The molecule has 1 saturated heterocycles. The number of carbonyl (C=O) groups is 1. The number of anilines is 1. The number of halogens is 1. The topological polar surface area (TPSA) is 105 Å². The molecule has 3 aromatic rings. The van der Waals surface area contributed by atoms with Gasteiger partial charge in [0.25, 0.3) is 0 Å². The molecule has 0 unspecified atom stereocenters. The van der Waals surface area contributed by atoms with Crippen LogP contribution in [0.15, 0.2) is 46.2 Å². The summed E-state index contributed by atoms with van der Waals surface area (Å²) in [6.45, 7) is 1.69. The highest BCUT2D eigenvalue weighted by Gasteiger charge is 2.27. The molecular weight excluding hydrogens is 408 g/mol. The average Bonchev–Trinajstić information content (AvgIpc) is 3.38. The van der Waals surface area contributed by atoms with Gasteiger partial charge in [0.15, 0.2) is 5.96 Å². The van der Waals surface area contributed by atoms with Gasteiger partial charge in [0, 0.05) is 44.0 Å². The minimum absolute atomic E-state index is 0.0155. The van der Waals surface area contributed by atoms with Crippen LogP contribution in [-0.4, -0.2) is 63.4 Å². The Balaban J connectivity index is 1.36. The van der Waals surface area contributed by atoms with Gasteiger partial charge in [-0.2, -0.15) is 10.1 Å². The van der Waals surface area contributed by atoms with Crippen LogP contribution >= 0.6 is 11.6 Å². The summed E-state index contributed by atoms with van der Waals surface area (Å²) < 4.78 is 6.99. The molecule has 0 saturated carbocycles. The lowest BCUT2D eigenvalue weighted by atomic mass is 10.2. The summed E-state index contributed by atoms with van der Waals surface area (Å²) in [5.41, 5.74) is 1.57. The Labute approximate surface area is 178 Å². The largest absolute Gasteiger partial charge is 0.347 e. The zero-order valence-corrected chi connectivity index (χ0v) is 17.4. The molecule has 1 aliphatic heterocycles. The van der Waals surface area contributed by atoms with Crippen LogP contribution in [0.4, 0.5) is 5.69 Å². The van der Waals surface area contributed by atoms with Gasteiger partial charge >= 0.3 is 0 Å². The van der Waals surface area contributed by atoms with Gasteiger partial charge in [-0.3, -0.25) is 14.5 Å². The second kappa shape index (κ2) is 8.54. The fourth-order valence-corrected chi connectivity index (χ4v) is 3.42. The first kappa shape index (κ1) is 19.9. The molecule has 1 amide bonds. The first-order valence-corrected chi connectivity index (χ1v) is 9.74. The first-order valence-electron chi connectivity index (χ1n) is 9.36. The molecule has 156 valence electrons. The molecule has 0 radical (unpaired) electrons. The number of guanidine groups is 1. The van der Waals surface area contributed by atoms with Crippen molar-refractivity contribution in [3.63, 3.8) is 0 Å². The SMILES string of the molecule is CN=C(NCc1nc(-c2cccc(Cl)c2)no1)N1CCN(c2cnn(C)c2)C(=O)C1. The molecule has 4 rings (SSSR count). The number of amides is 1. The minimum atomic E-state index is -0.0155. The van der Waals surface area contributed by atoms with Crippen LogP contribution in [-0.2, 0) is 18.4 Å². The molecule has 30 heavy (non-hydrogen) atoms. The van der Waals surface area contributed by atoms with Crippen LogP contribution in [0.2, 0.25) is 5.02 Å². The molecule has 2 aromatic heterocycles. The van der Waals surface area contributed by atoms with E-state index in [1.807, 2.05) is 30.3 Å². The summed E-state index contributed by atoms with van der Waals surface area (Å²) in [5.74, 6) is 1.45. The van der Waals surface area contributed by atoms with Crippen LogP contribution in [0.5, 0.6) is 0 Å². The lowest BCUT2D eigenvalue weighted by Crippen LogP contribution is -2.55. The third kappa shape index (κ3) is 4.28. The molecule has 0 bridgehead atoms. The first-order chi connectivity index (χ1) is 14.5. The second-order valence-electron chi connectivity index (χ2n) is 6.76. The molecule has 1 fully saturated rings. The van der Waals surface area contributed by atoms with Crippen LogP contribution in [0.25, 0.3) is 11.4 Å². The van der Waals surface area contributed by atoms with Crippen molar-refractivity contribution in [3.8, 4) is 11.4 Å². The number of nitrogens with one attached hydrogen (secondary N) is 1. The van der Waals surface area contributed by atoms with Crippen LogP contribution in [0, 0.1) is 0 Å². The van der Waals surface area contributed by atoms with Gasteiger partial charge in [-0.1, -0.05) is 28.9 Å². The van der Waals surface area contributed by atoms with E-state index in [0.29, 0.717) is 35.8 Å². The summed E-state index contributed by atoms with van der Waals surface area (Å²) >= 11 is 6.02. The van der Waals surface area contributed by atoms with Crippen molar-refractivity contribution in [3.05, 3.63) is 47.6 Å². The lowest BCUT2D eigenvalue weighted by Gasteiger charge is -2.35. The van der Waals surface area contributed by atoms with Crippen molar-refractivity contribution in [2.75, 3.05) is 31.6 Å². The van der Waals surface area contributed by atoms with Crippen molar-refractivity contribution >= 4 is 29.2 Å². The van der Waals surface area contributed by atoms with Gasteiger partial charge in [-0.05, 0) is 12.1 Å². The van der Waals surface area contributed by atoms with Crippen molar-refractivity contribution in [2.45, 2.75) is 6.54 Å². The number of hydrogen-bond donors (Lipinski definition) is 1. The third-order valence-electron chi connectivity index (χ3n) is 4.68. The van der Waals surface area contributed by atoms with Crippen molar-refractivity contribution < 1.29 is 9.32 Å². The molecule has 1 N–H and O–H groups in total. The fraction of sp³-hybridized carbons (Fsp3) is 0.316. The zero-order chi connectivity index (χ0) is 21.1. The fourth-order valence-electron chi connectivity index (χ4n) is 3.23. The summed E-state index contributed by atoms with van der Waals surface area (Å²) in [6.07, 6.45) is 3.52. The van der Waals surface area contributed by atoms with E-state index in [4.69, 9.17) is 16.1 Å². The number of nitrogens with zero attached hydrogens (tertiary/aromatic N) is 7. The lowest BCUT2D eigenvalue weighted by molar-refractivity contribution is -0.120. The molecule has 11 heteroatoms. The van der Waals surface area contributed by atoms with E-state index in [-0.39, 0.29) is 19.0 Å². The zero-order valence-electron chi connectivity index (χ0n) is 16.6. The van der Waals surface area contributed by atoms with Crippen LogP contribution in [0.1, 0.15) is 5.89 Å². The number of rotatable bonds is 4. The van der Waals surface area contributed by atoms with Crippen molar-refractivity contribution in [1.29, 1.82) is 0 Å². The average molecular weight is 429 g/mol. The van der Waals surface area contributed by atoms with E-state index in [1.54, 1.807) is 35.0 Å². The van der Waals surface area contributed by atoms with Crippen molar-refractivity contribution in [1.82, 2.24) is 30.1 Å². The van der Waals surface area contributed by atoms with E-state index < -0.39 is 0 Å². The molecule has 0 aliphatic carbocycles. The maximum atomic E-state index is 12.6. The number of hydrogen-bond acceptors (Lipinski definition) is 6. The van der Waals surface area contributed by atoms with Gasteiger partial charge in [-0.25, -0.2) is 0 Å². The van der Waals surface area contributed by atoms with Gasteiger partial charge in [-0.15, -0.1) is 0 Å². The highest BCUT2D eigenvalue weighted by molar-refractivity contribution is 6.30. The predicted molar refractivity (Wildman–Crippen MR) is 112 cm³/mol. The number of benzene rings is 1. The Hall–Kier alpha value is -3.40. The normalized spacial score (nSPS) is 15.0. The summed E-state index contributed by atoms with van der Waals surface area (Å²) in [7, 11) is 3.50. The number of piperazine rings is 1. The smallest absolute Gasteiger partial charge is 0.246 e. The molecule has 1 aliphatic rings. The second-order valence-corrected chi connectivity index (χ2v) is 7.20. The Kier molecular flexibility index (Phi) is 5.66. The van der Waals surface area contributed by atoms with Gasteiger partial charge in [0.1, 0.15) is 6.54 Å². The number of aliphatic imine (C=N–C) groups is 1. The maximum absolute atomic E-state index is 12.6. The van der Waals surface area contributed by atoms with Crippen molar-refractivity contribution in [2.24, 2.45) is 12.0 Å². The monoisotopic (exact) mass is 428 g/mol. The highest BCUT2D eigenvalue weighted by atomic mass is 35.5. The Morgan fingerprint density at radius 1 is 1.37 bits per heavy atom. The maximum Gasteiger partial charge on any atom is 0.246 e.